The number of unbranched alkanes of at least 4 members (excludes halogenated alkanes) is 5. The van der Waals surface area contributed by atoms with Gasteiger partial charge in [0.2, 0.25) is 0 Å². The van der Waals surface area contributed by atoms with Gasteiger partial charge < -0.3 is 54.9 Å². The van der Waals surface area contributed by atoms with Crippen LogP contribution in [0, 0.1) is 0 Å². The van der Waals surface area contributed by atoms with Crippen LogP contribution < -0.4 is 15.7 Å². The van der Waals surface area contributed by atoms with E-state index in [1.165, 1.54) is 43.8 Å². The molecule has 0 aromatic heterocycles. The highest BCUT2D eigenvalue weighted by Crippen LogP contribution is 2.11. The average Bonchev–Trinajstić information content (AvgIpc) is 3.37. The van der Waals surface area contributed by atoms with Gasteiger partial charge >= 0.3 is 17.9 Å². The molecule has 0 aliphatic heterocycles. The number of ether oxygens (including phenoxy) is 3. The van der Waals surface area contributed by atoms with Crippen LogP contribution in [-0.4, -0.2) is 154 Å². The zero-order valence-corrected chi connectivity index (χ0v) is 50.7. The first-order chi connectivity index (χ1) is 34.5. The number of aliphatic carboxylic acids is 1. The van der Waals surface area contributed by atoms with Gasteiger partial charge in [0, 0.05) is 69.7 Å². The Labute approximate surface area is 456 Å². The van der Waals surface area contributed by atoms with E-state index in [4.69, 9.17) is 20.1 Å². The number of para-hydroxylation sites is 1. The minimum absolute atomic E-state index is 0.0972. The third-order valence-electron chi connectivity index (χ3n) is 6.48. The highest BCUT2D eigenvalue weighted by Gasteiger charge is 1.90. The predicted molar refractivity (Wildman–Crippen MR) is 313 cm³/mol. The fraction of sp³-hybridized carbons (Fsp3) is 0.660. The summed E-state index contributed by atoms with van der Waals surface area (Å²) in [5.41, 5.74) is 1.16. The molecule has 0 spiro atoms. The molecule has 0 fully saturated rings. The van der Waals surface area contributed by atoms with Crippen molar-refractivity contribution in [3.05, 3.63) is 60.7 Å². The minimum Gasteiger partial charge on any atom is -0.549 e. The van der Waals surface area contributed by atoms with Crippen LogP contribution in [0.2, 0.25) is 0 Å². The van der Waals surface area contributed by atoms with Crippen molar-refractivity contribution in [1.29, 1.82) is 0 Å². The number of likely N-dealkylation sites (N-methyl/N-ethyl adjacent to an activating group) is 1. The summed E-state index contributed by atoms with van der Waals surface area (Å²) in [7, 11) is 3.72. The Morgan fingerprint density at radius 3 is 1.11 bits per heavy atom. The second-order valence-corrected chi connectivity index (χ2v) is 16.7. The van der Waals surface area contributed by atoms with E-state index in [0.717, 1.165) is 69.4 Å². The highest BCUT2D eigenvalue weighted by molar-refractivity contribution is 7.99. The summed E-state index contributed by atoms with van der Waals surface area (Å²) in [6.45, 7) is 23.5. The molecule has 0 aliphatic carbocycles. The molecule has 0 unspecified atom stereocenters. The number of ketones is 1. The van der Waals surface area contributed by atoms with E-state index in [0.29, 0.717) is 45.4 Å². The van der Waals surface area contributed by atoms with Gasteiger partial charge in [-0.2, -0.15) is 35.3 Å². The Morgan fingerprint density at radius 2 is 0.944 bits per heavy atom. The number of carboxylic acid groups (broad SMARTS) is 1. The summed E-state index contributed by atoms with van der Waals surface area (Å²) in [5, 5.41) is 39.6. The van der Waals surface area contributed by atoms with Gasteiger partial charge in [-0.05, 0) is 88.9 Å². The van der Waals surface area contributed by atoms with E-state index >= 15 is 0 Å². The Hall–Kier alpha value is -3.30. The zero-order valence-electron chi connectivity index (χ0n) is 47.5. The monoisotopic (exact) mass is 1100 g/mol. The fourth-order valence-electron chi connectivity index (χ4n) is 3.11. The van der Waals surface area contributed by atoms with Crippen LogP contribution in [0.3, 0.4) is 0 Å². The number of aliphatic hydroxyl groups is 3. The second-order valence-electron chi connectivity index (χ2n) is 13.1. The molecule has 5 N–H and O–H groups in total. The lowest BCUT2D eigenvalue weighted by Crippen LogP contribution is -2.24. The molecule has 0 heterocycles. The van der Waals surface area contributed by atoms with Crippen LogP contribution in [0.25, 0.3) is 0 Å². The SMILES string of the molecule is C=O.CC.CCCCCO.CCCCO.CCCCOC(C)=O.CCCCOC(C)=O.CNCCOC(C)=O.CNc1ccccc1.CSCC(=O)[O-].CSCC(C)=O.CSCCO.CSc1ccccc1. The minimum atomic E-state index is -0.998. The predicted octanol–water partition coefficient (Wildman–Crippen LogP) is 9.77. The van der Waals surface area contributed by atoms with Gasteiger partial charge in [-0.3, -0.25) is 19.2 Å². The van der Waals surface area contributed by atoms with Crippen molar-refractivity contribution in [1.82, 2.24) is 5.32 Å². The molecule has 15 nitrogen and oxygen atoms in total. The summed E-state index contributed by atoms with van der Waals surface area (Å²) in [6.07, 6.45) is 17.1. The molecule has 428 valence electrons. The number of anilines is 1. The van der Waals surface area contributed by atoms with Gasteiger partial charge in [-0.15, -0.1) is 11.8 Å². The second kappa shape index (κ2) is 97.1. The molecule has 0 radical (unpaired) electrons. The number of benzene rings is 2. The summed E-state index contributed by atoms with van der Waals surface area (Å²) >= 11 is 6.23. The number of thioether (sulfide) groups is 4. The van der Waals surface area contributed by atoms with Crippen LogP contribution >= 0.6 is 47.0 Å². The highest BCUT2D eigenvalue weighted by atomic mass is 32.2. The quantitative estimate of drug-likeness (QED) is 0.0319. The first kappa shape index (κ1) is 91.4. The Morgan fingerprint density at radius 1 is 0.556 bits per heavy atom. The number of Topliss-reactive ketones (excluding diaryl/α,β-unsaturated/α-hetero) is 1. The lowest BCUT2D eigenvalue weighted by atomic mass is 10.3. The lowest BCUT2D eigenvalue weighted by Gasteiger charge is -1.97. The van der Waals surface area contributed by atoms with E-state index in [-0.39, 0.29) is 29.4 Å². The van der Waals surface area contributed by atoms with Crippen molar-refractivity contribution in [3.8, 4) is 0 Å². The molecule has 0 amide bonds. The van der Waals surface area contributed by atoms with Crippen LogP contribution in [-0.2, 0) is 43.0 Å². The number of esters is 3. The number of nitrogens with one attached hydrogen (secondary N) is 2. The largest absolute Gasteiger partial charge is 0.549 e. The number of hydrogen-bond acceptors (Lipinski definition) is 19. The molecule has 2 aromatic rings. The summed E-state index contributed by atoms with van der Waals surface area (Å²) in [6, 6.07) is 20.4. The maximum Gasteiger partial charge on any atom is 0.302 e. The van der Waals surface area contributed by atoms with Gasteiger partial charge in [0.1, 0.15) is 19.2 Å². The van der Waals surface area contributed by atoms with Gasteiger partial charge in [-0.25, -0.2) is 0 Å². The summed E-state index contributed by atoms with van der Waals surface area (Å²) in [4.78, 5) is 59.1. The molecule has 0 saturated heterocycles. The van der Waals surface area contributed by atoms with Crippen molar-refractivity contribution >= 4 is 89.2 Å². The van der Waals surface area contributed by atoms with E-state index < -0.39 is 5.97 Å². The zero-order chi connectivity index (χ0) is 57.9. The molecule has 2 aromatic carbocycles. The Bertz CT molecular complexity index is 1160. The smallest absolute Gasteiger partial charge is 0.302 e. The molecular formula is C53H103N2O13S4-. The van der Waals surface area contributed by atoms with Crippen molar-refractivity contribution in [2.45, 2.75) is 132 Å². The number of carbonyl (C=O) groups excluding carboxylic acids is 6. The molecular weight excluding hydrogens is 1000 g/mol. The summed E-state index contributed by atoms with van der Waals surface area (Å²) < 4.78 is 13.9. The fourth-order valence-corrected chi connectivity index (χ4v) is 4.37. The van der Waals surface area contributed by atoms with Crippen LogP contribution in [0.1, 0.15) is 127 Å². The number of hydrogen-bond donors (Lipinski definition) is 5. The van der Waals surface area contributed by atoms with Crippen LogP contribution in [0.4, 0.5) is 5.69 Å². The third-order valence-corrected chi connectivity index (χ3v) is 9.04. The lowest BCUT2D eigenvalue weighted by molar-refractivity contribution is -0.301. The van der Waals surface area contributed by atoms with Gasteiger partial charge in [-0.1, -0.05) is 110 Å². The molecule has 19 heteroatoms. The molecule has 72 heavy (non-hydrogen) atoms. The molecule has 0 saturated carbocycles. The van der Waals surface area contributed by atoms with Gasteiger partial charge in [0.15, 0.2) is 0 Å². The first-order valence-electron chi connectivity index (χ1n) is 24.1. The van der Waals surface area contributed by atoms with E-state index in [1.807, 2.05) is 95.8 Å². The van der Waals surface area contributed by atoms with Crippen molar-refractivity contribution in [2.24, 2.45) is 0 Å². The maximum absolute atomic E-state index is 10.1. The number of rotatable bonds is 22. The maximum atomic E-state index is 10.1. The van der Waals surface area contributed by atoms with Crippen molar-refractivity contribution < 1.29 is 63.4 Å². The molecule has 2 rings (SSSR count). The topological polar surface area (TPSA) is 238 Å². The van der Waals surface area contributed by atoms with Gasteiger partial charge in [0.05, 0.1) is 31.5 Å². The Balaban J connectivity index is -0.0000000739. The van der Waals surface area contributed by atoms with Crippen molar-refractivity contribution in [2.75, 3.05) is 108 Å². The van der Waals surface area contributed by atoms with E-state index in [9.17, 15) is 29.1 Å². The number of aliphatic hydroxyl groups excluding tert-OH is 3. The first-order valence-corrected chi connectivity index (χ1v) is 29.5. The Kier molecular flexibility index (Phi) is 123. The summed E-state index contributed by atoms with van der Waals surface area (Å²) in [5.74, 6) is 0.280. The van der Waals surface area contributed by atoms with Gasteiger partial charge in [0.25, 0.3) is 0 Å². The molecule has 0 aliphatic rings. The molecule has 0 bridgehead atoms. The standard InChI is InChI=1S/C7H9N.C7H8S.2C6H12O2.C5H11NO2.C5H12O.C4H8OS.C4H10O.C3H6O2S.C3H8OS.C2H6.CH2O/c2*1-8-7-5-3-2-4-6-7;2*1-3-4-5-8-6(2)7;1-5(7)8-4-3-6-2;1-2-3-4-5-6;1-4(5)3-6-2;1-2-3-4-5;1-6-2-3(4)5;1-5-3-2-4;2*1-2/h2-6,8H,1H3;2-6H,1H3;2*3-5H2,1-2H3;6H,3-4H2,1-2H3;6H,2-5H2,1H3;3H2,1-2H3;5H,2-4H2,1H3;2H2,1H3,(H,4,5);4H,2-3H2,1H3;1-2H3;1H2/p-1. The number of carboxylic acids is 1. The van der Waals surface area contributed by atoms with Crippen LogP contribution in [0.15, 0.2) is 65.6 Å². The van der Waals surface area contributed by atoms with Crippen LogP contribution in [0.5, 0.6) is 0 Å². The van der Waals surface area contributed by atoms with Crippen molar-refractivity contribution in [3.63, 3.8) is 0 Å². The molecule has 0 atom stereocenters. The van der Waals surface area contributed by atoms with E-state index in [2.05, 4.69) is 70.9 Å². The van der Waals surface area contributed by atoms with E-state index in [1.54, 1.807) is 48.5 Å². The normalized spacial score (nSPS) is 8.32. The third kappa shape index (κ3) is 144. The number of carbonyl (C=O) groups is 6. The average molecular weight is 1100 g/mol.